The van der Waals surface area contributed by atoms with Crippen LogP contribution in [0.2, 0.25) is 10.0 Å². The quantitative estimate of drug-likeness (QED) is 0.481. The van der Waals surface area contributed by atoms with Crippen LogP contribution in [0.3, 0.4) is 0 Å². The molecule has 0 saturated heterocycles. The molecule has 6 nitrogen and oxygen atoms in total. The number of ether oxygens (including phenoxy) is 1. The van der Waals surface area contributed by atoms with Crippen molar-refractivity contribution in [3.8, 4) is 5.75 Å². The van der Waals surface area contributed by atoms with E-state index in [-0.39, 0.29) is 12.1 Å². The summed E-state index contributed by atoms with van der Waals surface area (Å²) in [6, 6.07) is 14.4. The molecule has 1 aromatic heterocycles. The monoisotopic (exact) mass is 446 g/mol. The molecule has 0 radical (unpaired) electrons. The van der Waals surface area contributed by atoms with E-state index in [1.807, 2.05) is 50.4 Å². The zero-order valence-electron chi connectivity index (χ0n) is 16.9. The van der Waals surface area contributed by atoms with Gasteiger partial charge in [0, 0.05) is 36.7 Å². The molecule has 8 heteroatoms. The Morgan fingerprint density at radius 1 is 1.17 bits per heavy atom. The van der Waals surface area contributed by atoms with Crippen molar-refractivity contribution in [2.75, 3.05) is 11.9 Å². The first-order valence-corrected chi connectivity index (χ1v) is 10.4. The lowest BCUT2D eigenvalue weighted by molar-refractivity contribution is 0.193. The Labute approximate surface area is 186 Å². The van der Waals surface area contributed by atoms with E-state index in [9.17, 15) is 4.79 Å². The summed E-state index contributed by atoms with van der Waals surface area (Å²) < 4.78 is 7.58. The number of nitrogens with zero attached hydrogens (tertiary/aromatic N) is 3. The van der Waals surface area contributed by atoms with Gasteiger partial charge in [-0.1, -0.05) is 35.3 Å². The van der Waals surface area contributed by atoms with E-state index < -0.39 is 0 Å². The van der Waals surface area contributed by atoms with Gasteiger partial charge in [-0.2, -0.15) is 5.10 Å². The number of amides is 2. The number of rotatable bonds is 8. The second kappa shape index (κ2) is 10.4. The number of carbonyl (C=O) groups is 1. The van der Waals surface area contributed by atoms with Crippen LogP contribution in [0.25, 0.3) is 0 Å². The molecule has 0 aliphatic heterocycles. The number of carbonyl (C=O) groups excluding carboxylic acids is 1. The van der Waals surface area contributed by atoms with Gasteiger partial charge in [0.2, 0.25) is 0 Å². The zero-order valence-corrected chi connectivity index (χ0v) is 18.4. The van der Waals surface area contributed by atoms with Crippen molar-refractivity contribution in [1.82, 2.24) is 14.7 Å². The number of hydrogen-bond donors (Lipinski definition) is 1. The summed E-state index contributed by atoms with van der Waals surface area (Å²) in [5, 5.41) is 8.05. The minimum absolute atomic E-state index is 0.00652. The Morgan fingerprint density at radius 3 is 2.70 bits per heavy atom. The maximum atomic E-state index is 12.9. The molecule has 0 aliphatic carbocycles. The third kappa shape index (κ3) is 6.15. The predicted octanol–water partition coefficient (Wildman–Crippen LogP) is 5.71. The Kier molecular flexibility index (Phi) is 7.60. The predicted molar refractivity (Wildman–Crippen MR) is 120 cm³/mol. The maximum absolute atomic E-state index is 12.9. The van der Waals surface area contributed by atoms with Crippen molar-refractivity contribution in [3.63, 3.8) is 0 Å². The lowest BCUT2D eigenvalue weighted by atomic mass is 10.2. The van der Waals surface area contributed by atoms with Crippen LogP contribution in [0.4, 0.5) is 10.5 Å². The Balaban J connectivity index is 1.61. The van der Waals surface area contributed by atoms with Crippen molar-refractivity contribution in [3.05, 3.63) is 76.5 Å². The van der Waals surface area contributed by atoms with Crippen LogP contribution >= 0.6 is 23.2 Å². The highest BCUT2D eigenvalue weighted by atomic mass is 35.5. The fraction of sp³-hybridized carbons (Fsp3) is 0.273. The van der Waals surface area contributed by atoms with Gasteiger partial charge in [0.05, 0.1) is 16.6 Å². The molecule has 1 heterocycles. The van der Waals surface area contributed by atoms with Crippen molar-refractivity contribution in [1.29, 1.82) is 0 Å². The number of aromatic nitrogens is 2. The SMILES string of the molecule is CC(C)N(Cc1ccc(Cl)c(Cl)c1)C(=O)Nc1cccc(OCCn2cccn2)c1. The molecule has 0 spiro atoms. The molecular formula is C22H24Cl2N4O2. The van der Waals surface area contributed by atoms with E-state index >= 15 is 0 Å². The maximum Gasteiger partial charge on any atom is 0.322 e. The summed E-state index contributed by atoms with van der Waals surface area (Å²) in [5.74, 6) is 0.681. The normalized spacial score (nSPS) is 10.8. The largest absolute Gasteiger partial charge is 0.492 e. The first-order chi connectivity index (χ1) is 14.4. The third-order valence-electron chi connectivity index (χ3n) is 4.45. The summed E-state index contributed by atoms with van der Waals surface area (Å²) in [7, 11) is 0. The first kappa shape index (κ1) is 22.0. The zero-order chi connectivity index (χ0) is 21.5. The smallest absolute Gasteiger partial charge is 0.322 e. The average Bonchev–Trinajstić information content (AvgIpc) is 3.22. The lowest BCUT2D eigenvalue weighted by Crippen LogP contribution is -2.39. The van der Waals surface area contributed by atoms with E-state index in [0.29, 0.717) is 41.2 Å². The van der Waals surface area contributed by atoms with E-state index in [1.165, 1.54) is 0 Å². The minimum atomic E-state index is -0.204. The highest BCUT2D eigenvalue weighted by molar-refractivity contribution is 6.42. The van der Waals surface area contributed by atoms with Crippen LogP contribution in [0.15, 0.2) is 60.9 Å². The topological polar surface area (TPSA) is 59.4 Å². The molecule has 0 atom stereocenters. The summed E-state index contributed by atoms with van der Waals surface area (Å²) >= 11 is 12.1. The number of anilines is 1. The molecule has 0 fully saturated rings. The summed E-state index contributed by atoms with van der Waals surface area (Å²) in [5.41, 5.74) is 1.57. The lowest BCUT2D eigenvalue weighted by Gasteiger charge is -2.27. The van der Waals surface area contributed by atoms with Crippen LogP contribution in [0, 0.1) is 0 Å². The van der Waals surface area contributed by atoms with E-state index in [2.05, 4.69) is 10.4 Å². The summed E-state index contributed by atoms with van der Waals surface area (Å²) in [4.78, 5) is 14.6. The molecule has 0 aliphatic rings. The van der Waals surface area contributed by atoms with Crippen LogP contribution in [0.1, 0.15) is 19.4 Å². The molecule has 158 valence electrons. The van der Waals surface area contributed by atoms with Crippen molar-refractivity contribution in [2.24, 2.45) is 0 Å². The molecule has 0 saturated carbocycles. The van der Waals surface area contributed by atoms with Gasteiger partial charge in [-0.15, -0.1) is 0 Å². The molecule has 2 aromatic carbocycles. The van der Waals surface area contributed by atoms with Gasteiger partial charge >= 0.3 is 6.03 Å². The van der Waals surface area contributed by atoms with E-state index in [0.717, 1.165) is 5.56 Å². The molecule has 1 N–H and O–H groups in total. The highest BCUT2D eigenvalue weighted by Gasteiger charge is 2.18. The van der Waals surface area contributed by atoms with Gasteiger partial charge in [-0.05, 0) is 49.7 Å². The number of urea groups is 1. The fourth-order valence-electron chi connectivity index (χ4n) is 2.87. The highest BCUT2D eigenvalue weighted by Crippen LogP contribution is 2.24. The van der Waals surface area contributed by atoms with E-state index in [1.54, 1.807) is 34.0 Å². The number of hydrogen-bond acceptors (Lipinski definition) is 3. The molecule has 0 bridgehead atoms. The summed E-state index contributed by atoms with van der Waals surface area (Å²) in [6.07, 6.45) is 3.61. The fourth-order valence-corrected chi connectivity index (χ4v) is 3.19. The van der Waals surface area contributed by atoms with Crippen LogP contribution in [-0.2, 0) is 13.1 Å². The summed E-state index contributed by atoms with van der Waals surface area (Å²) in [6.45, 7) is 5.47. The second-order valence-electron chi connectivity index (χ2n) is 7.05. The van der Waals surface area contributed by atoms with Gasteiger partial charge in [0.15, 0.2) is 0 Å². The van der Waals surface area contributed by atoms with Crippen molar-refractivity contribution < 1.29 is 9.53 Å². The first-order valence-electron chi connectivity index (χ1n) is 9.64. The van der Waals surface area contributed by atoms with Gasteiger partial charge in [0.25, 0.3) is 0 Å². The van der Waals surface area contributed by atoms with Crippen LogP contribution in [-0.4, -0.2) is 33.4 Å². The molecule has 30 heavy (non-hydrogen) atoms. The van der Waals surface area contributed by atoms with Gasteiger partial charge in [0.1, 0.15) is 12.4 Å². The minimum Gasteiger partial charge on any atom is -0.492 e. The number of benzene rings is 2. The van der Waals surface area contributed by atoms with Gasteiger partial charge in [-0.3, -0.25) is 4.68 Å². The molecule has 3 rings (SSSR count). The van der Waals surface area contributed by atoms with Crippen LogP contribution < -0.4 is 10.1 Å². The van der Waals surface area contributed by atoms with Crippen molar-refractivity contribution in [2.45, 2.75) is 33.0 Å². The van der Waals surface area contributed by atoms with Gasteiger partial charge in [-0.25, -0.2) is 4.79 Å². The Bertz CT molecular complexity index is 977. The standard InChI is InChI=1S/C22H24Cl2N4O2/c1-16(2)28(15-17-7-8-20(23)21(24)13-17)22(29)26-18-5-3-6-19(14-18)30-12-11-27-10-4-9-25-27/h3-10,13-14,16H,11-12,15H2,1-2H3,(H,26,29). The average molecular weight is 447 g/mol. The van der Waals surface area contributed by atoms with Crippen LogP contribution in [0.5, 0.6) is 5.75 Å². The Hall–Kier alpha value is -2.70. The molecular weight excluding hydrogens is 423 g/mol. The molecule has 3 aromatic rings. The third-order valence-corrected chi connectivity index (χ3v) is 5.19. The number of nitrogens with one attached hydrogen (secondary N) is 1. The number of halogens is 2. The van der Waals surface area contributed by atoms with Crippen molar-refractivity contribution >= 4 is 34.9 Å². The van der Waals surface area contributed by atoms with Gasteiger partial charge < -0.3 is 15.0 Å². The second-order valence-corrected chi connectivity index (χ2v) is 7.86. The molecule has 2 amide bonds. The molecule has 0 unspecified atom stereocenters. The van der Waals surface area contributed by atoms with E-state index in [4.69, 9.17) is 27.9 Å². The Morgan fingerprint density at radius 2 is 2.00 bits per heavy atom.